The van der Waals surface area contributed by atoms with Gasteiger partial charge in [-0.3, -0.25) is 4.79 Å². The number of anilines is 1. The predicted octanol–water partition coefficient (Wildman–Crippen LogP) is -0.350. The molecule has 0 saturated heterocycles. The van der Waals surface area contributed by atoms with Gasteiger partial charge in [0.1, 0.15) is 0 Å². The smallest absolute Gasteiger partial charge is 0.239 e. The summed E-state index contributed by atoms with van der Waals surface area (Å²) < 4.78 is 0. The molecule has 0 spiro atoms. The first-order chi connectivity index (χ1) is 8.19. The highest BCUT2D eigenvalue weighted by Crippen LogP contribution is 2.18. The molecule has 1 fully saturated rings. The van der Waals surface area contributed by atoms with Crippen molar-refractivity contribution in [1.82, 2.24) is 15.3 Å². The number of rotatable bonds is 5. The molecule has 92 valence electrons. The predicted molar refractivity (Wildman–Crippen MR) is 64.4 cm³/mol. The number of carbonyl (C=O) groups is 1. The van der Waals surface area contributed by atoms with E-state index in [1.54, 1.807) is 24.3 Å². The number of nitrogens with two attached hydrogens (primary N) is 1. The Bertz CT molecular complexity index is 387. The van der Waals surface area contributed by atoms with Gasteiger partial charge in [-0.1, -0.05) is 0 Å². The maximum atomic E-state index is 11.6. The fourth-order valence-corrected chi connectivity index (χ4v) is 1.44. The normalized spacial score (nSPS) is 14.5. The van der Waals surface area contributed by atoms with Crippen LogP contribution in [0.3, 0.4) is 0 Å². The van der Waals surface area contributed by atoms with Crippen molar-refractivity contribution in [2.75, 3.05) is 18.5 Å². The fourth-order valence-electron chi connectivity index (χ4n) is 1.44. The largest absolute Gasteiger partial charge is 0.352 e. The second-order valence-corrected chi connectivity index (χ2v) is 4.29. The Labute approximate surface area is 100 Å². The molecule has 2 rings (SSSR count). The van der Waals surface area contributed by atoms with Gasteiger partial charge in [0.2, 0.25) is 11.9 Å². The van der Waals surface area contributed by atoms with Gasteiger partial charge in [-0.05, 0) is 12.8 Å². The molecule has 0 unspecified atom stereocenters. The van der Waals surface area contributed by atoms with Gasteiger partial charge in [0.05, 0.1) is 6.54 Å². The molecule has 1 aliphatic rings. The van der Waals surface area contributed by atoms with Crippen LogP contribution in [0.1, 0.15) is 18.4 Å². The summed E-state index contributed by atoms with van der Waals surface area (Å²) in [6.07, 6.45) is 5.55. The molecule has 0 aromatic carbocycles. The van der Waals surface area contributed by atoms with E-state index >= 15 is 0 Å². The molecule has 1 aliphatic carbocycles. The second-order valence-electron chi connectivity index (χ2n) is 4.29. The summed E-state index contributed by atoms with van der Waals surface area (Å²) in [6.45, 7) is 0.699. The van der Waals surface area contributed by atoms with E-state index in [-0.39, 0.29) is 12.5 Å². The number of likely N-dealkylation sites (N-methyl/N-ethyl adjacent to an activating group) is 1. The Hall–Kier alpha value is -1.69. The lowest BCUT2D eigenvalue weighted by Gasteiger charge is -2.16. The van der Waals surface area contributed by atoms with E-state index in [0.717, 1.165) is 18.4 Å². The van der Waals surface area contributed by atoms with Gasteiger partial charge in [-0.25, -0.2) is 9.97 Å². The van der Waals surface area contributed by atoms with Gasteiger partial charge in [-0.15, -0.1) is 0 Å². The SMILES string of the molecule is CN(CC(=O)NC1CC1)c1ncc(CN)cn1. The molecule has 0 radical (unpaired) electrons. The third kappa shape index (κ3) is 3.39. The number of aromatic nitrogens is 2. The highest BCUT2D eigenvalue weighted by Gasteiger charge is 2.23. The van der Waals surface area contributed by atoms with E-state index in [9.17, 15) is 4.79 Å². The Morgan fingerprint density at radius 3 is 2.71 bits per heavy atom. The van der Waals surface area contributed by atoms with Gasteiger partial charge in [0.25, 0.3) is 0 Å². The molecule has 1 saturated carbocycles. The van der Waals surface area contributed by atoms with Crippen LogP contribution >= 0.6 is 0 Å². The van der Waals surface area contributed by atoms with E-state index in [1.807, 2.05) is 0 Å². The van der Waals surface area contributed by atoms with Gasteiger partial charge in [0, 0.05) is 37.6 Å². The highest BCUT2D eigenvalue weighted by molar-refractivity contribution is 5.81. The Balaban J connectivity index is 1.88. The highest BCUT2D eigenvalue weighted by atomic mass is 16.2. The number of amides is 1. The number of hydrogen-bond donors (Lipinski definition) is 2. The molecular formula is C11H17N5O. The van der Waals surface area contributed by atoms with Crippen molar-refractivity contribution in [1.29, 1.82) is 0 Å². The van der Waals surface area contributed by atoms with Crippen LogP contribution in [0.4, 0.5) is 5.95 Å². The van der Waals surface area contributed by atoms with Crippen molar-refractivity contribution < 1.29 is 4.79 Å². The van der Waals surface area contributed by atoms with Gasteiger partial charge in [0.15, 0.2) is 0 Å². The van der Waals surface area contributed by atoms with Crippen LogP contribution in [0.15, 0.2) is 12.4 Å². The summed E-state index contributed by atoms with van der Waals surface area (Å²) in [6, 6.07) is 0.386. The van der Waals surface area contributed by atoms with E-state index in [0.29, 0.717) is 18.5 Å². The number of nitrogens with zero attached hydrogens (tertiary/aromatic N) is 3. The Kier molecular flexibility index (Phi) is 3.53. The second kappa shape index (κ2) is 5.09. The minimum atomic E-state index is 0.0153. The average molecular weight is 235 g/mol. The minimum Gasteiger partial charge on any atom is -0.352 e. The summed E-state index contributed by atoms with van der Waals surface area (Å²) in [5, 5.41) is 2.92. The van der Waals surface area contributed by atoms with E-state index in [1.165, 1.54) is 0 Å². The molecular weight excluding hydrogens is 218 g/mol. The number of nitrogens with one attached hydrogen (secondary N) is 1. The van der Waals surface area contributed by atoms with Crippen LogP contribution in [-0.2, 0) is 11.3 Å². The lowest BCUT2D eigenvalue weighted by molar-refractivity contribution is -0.119. The van der Waals surface area contributed by atoms with Gasteiger partial charge in [-0.2, -0.15) is 0 Å². The van der Waals surface area contributed by atoms with Gasteiger partial charge >= 0.3 is 0 Å². The first-order valence-corrected chi connectivity index (χ1v) is 5.70. The summed E-state index contributed by atoms with van der Waals surface area (Å²) >= 11 is 0. The molecule has 17 heavy (non-hydrogen) atoms. The molecule has 1 heterocycles. The topological polar surface area (TPSA) is 84.1 Å². The molecule has 1 aromatic heterocycles. The molecule has 1 aromatic rings. The average Bonchev–Trinajstić information content (AvgIpc) is 3.12. The van der Waals surface area contributed by atoms with Crippen LogP contribution in [0, 0.1) is 0 Å². The van der Waals surface area contributed by atoms with Crippen molar-refractivity contribution in [3.8, 4) is 0 Å². The Morgan fingerprint density at radius 2 is 2.18 bits per heavy atom. The number of hydrogen-bond acceptors (Lipinski definition) is 5. The van der Waals surface area contributed by atoms with Crippen molar-refractivity contribution >= 4 is 11.9 Å². The minimum absolute atomic E-state index is 0.0153. The molecule has 0 aliphatic heterocycles. The zero-order valence-electron chi connectivity index (χ0n) is 9.89. The molecule has 0 atom stereocenters. The molecule has 6 heteroatoms. The molecule has 0 bridgehead atoms. The summed E-state index contributed by atoms with van der Waals surface area (Å²) in [7, 11) is 1.80. The molecule has 1 amide bonds. The lowest BCUT2D eigenvalue weighted by atomic mass is 10.3. The quantitative estimate of drug-likeness (QED) is 0.728. The fraction of sp³-hybridized carbons (Fsp3) is 0.545. The van der Waals surface area contributed by atoms with Crippen LogP contribution in [0.5, 0.6) is 0 Å². The van der Waals surface area contributed by atoms with Crippen LogP contribution in [0.2, 0.25) is 0 Å². The van der Waals surface area contributed by atoms with Crippen molar-refractivity contribution in [2.24, 2.45) is 5.73 Å². The van der Waals surface area contributed by atoms with Crippen LogP contribution in [-0.4, -0.2) is 35.5 Å². The third-order valence-corrected chi connectivity index (χ3v) is 2.59. The number of carbonyl (C=O) groups excluding carboxylic acids is 1. The first kappa shape index (κ1) is 11.8. The summed E-state index contributed by atoms with van der Waals surface area (Å²) in [5.41, 5.74) is 6.34. The standard InChI is InChI=1S/C11H17N5O/c1-16(7-10(17)15-9-2-3-9)11-13-5-8(4-12)6-14-11/h5-6,9H,2-4,7,12H2,1H3,(H,15,17). The van der Waals surface area contributed by atoms with E-state index < -0.39 is 0 Å². The Morgan fingerprint density at radius 1 is 1.53 bits per heavy atom. The monoisotopic (exact) mass is 235 g/mol. The summed E-state index contributed by atoms with van der Waals surface area (Å²) in [5.74, 6) is 0.551. The maximum Gasteiger partial charge on any atom is 0.239 e. The summed E-state index contributed by atoms with van der Waals surface area (Å²) in [4.78, 5) is 21.6. The third-order valence-electron chi connectivity index (χ3n) is 2.59. The maximum absolute atomic E-state index is 11.6. The van der Waals surface area contributed by atoms with Gasteiger partial charge < -0.3 is 16.0 Å². The lowest BCUT2D eigenvalue weighted by Crippen LogP contribution is -2.36. The van der Waals surface area contributed by atoms with Crippen LogP contribution in [0.25, 0.3) is 0 Å². The van der Waals surface area contributed by atoms with E-state index in [4.69, 9.17) is 5.73 Å². The zero-order chi connectivity index (χ0) is 12.3. The molecule has 3 N–H and O–H groups in total. The zero-order valence-corrected chi connectivity index (χ0v) is 9.89. The first-order valence-electron chi connectivity index (χ1n) is 5.70. The van der Waals surface area contributed by atoms with Crippen molar-refractivity contribution in [3.05, 3.63) is 18.0 Å². The van der Waals surface area contributed by atoms with Crippen molar-refractivity contribution in [3.63, 3.8) is 0 Å². The van der Waals surface area contributed by atoms with Crippen LogP contribution < -0.4 is 16.0 Å². The van der Waals surface area contributed by atoms with Crippen molar-refractivity contribution in [2.45, 2.75) is 25.4 Å². The van der Waals surface area contributed by atoms with E-state index in [2.05, 4.69) is 15.3 Å². The molecule has 6 nitrogen and oxygen atoms in total.